The van der Waals surface area contributed by atoms with Crippen molar-refractivity contribution < 1.29 is 8.21 Å². The van der Waals surface area contributed by atoms with E-state index < -0.39 is 0 Å². The molecule has 0 saturated heterocycles. The lowest BCUT2D eigenvalue weighted by atomic mass is 10.2. The van der Waals surface area contributed by atoms with Crippen molar-refractivity contribution in [1.82, 2.24) is 9.97 Å². The zero-order valence-electron chi connectivity index (χ0n) is 7.68. The van der Waals surface area contributed by atoms with E-state index in [4.69, 9.17) is 8.21 Å². The van der Waals surface area contributed by atoms with Gasteiger partial charge < -0.3 is 8.21 Å². The molecule has 0 bridgehead atoms. The lowest BCUT2D eigenvalue weighted by Gasteiger charge is -2.01. The van der Waals surface area contributed by atoms with Crippen molar-refractivity contribution in [2.24, 2.45) is 0 Å². The first-order chi connectivity index (χ1) is 7.40. The van der Waals surface area contributed by atoms with E-state index in [1.165, 1.54) is 0 Å². The summed E-state index contributed by atoms with van der Waals surface area (Å²) in [7, 11) is 0. The molecule has 0 amide bonds. The average molecular weight is 212 g/mol. The Kier molecular flexibility index (Phi) is 1.88. The third-order valence-corrected chi connectivity index (χ3v) is 2.48. The molecule has 0 fully saturated rings. The standard InChI is InChI=1S/C10H6N2O2.Al/c13-6-4-11-5-8-9(6)10-7(14-8)2-1-3-12-10;/h1-5,13H;/q;+1/p-1. The van der Waals surface area contributed by atoms with Crippen LogP contribution in [0.1, 0.15) is 0 Å². The average Bonchev–Trinajstić information content (AvgIpc) is 2.67. The van der Waals surface area contributed by atoms with Crippen LogP contribution in [0.5, 0.6) is 5.75 Å². The molecule has 3 aromatic rings. The number of pyridine rings is 2. The molecule has 2 radical (unpaired) electrons. The highest BCUT2D eigenvalue weighted by atomic mass is 27.1. The number of aromatic nitrogens is 2. The fourth-order valence-electron chi connectivity index (χ4n) is 1.60. The number of hydrogen-bond donors (Lipinski definition) is 0. The Labute approximate surface area is 93.6 Å². The molecule has 3 aromatic heterocycles. The molecule has 5 heteroatoms. The van der Waals surface area contributed by atoms with Gasteiger partial charge in [0.25, 0.3) is 0 Å². The molecule has 0 atom stereocenters. The van der Waals surface area contributed by atoms with Crippen LogP contribution in [0.15, 0.2) is 35.1 Å². The Morgan fingerprint density at radius 2 is 2.20 bits per heavy atom. The van der Waals surface area contributed by atoms with E-state index in [2.05, 4.69) is 26.6 Å². The summed E-state index contributed by atoms with van der Waals surface area (Å²) in [4.78, 5) is 8.29. The van der Waals surface area contributed by atoms with E-state index in [1.54, 1.807) is 18.6 Å². The number of hydrogen-bond acceptors (Lipinski definition) is 4. The van der Waals surface area contributed by atoms with Crippen molar-refractivity contribution in [3.63, 3.8) is 0 Å². The molecule has 70 valence electrons. The summed E-state index contributed by atoms with van der Waals surface area (Å²) < 4.78 is 10.7. The second-order valence-electron chi connectivity index (χ2n) is 3.08. The predicted molar refractivity (Wildman–Crippen MR) is 55.7 cm³/mol. The molecule has 0 unspecified atom stereocenters. The van der Waals surface area contributed by atoms with Crippen molar-refractivity contribution in [3.05, 3.63) is 30.7 Å². The fourth-order valence-corrected chi connectivity index (χ4v) is 1.78. The highest BCUT2D eigenvalue weighted by molar-refractivity contribution is 6.08. The van der Waals surface area contributed by atoms with E-state index in [-0.39, 0.29) is 0 Å². The van der Waals surface area contributed by atoms with Crippen LogP contribution in [-0.4, -0.2) is 26.6 Å². The Bertz CT molecular complexity index is 635. The van der Waals surface area contributed by atoms with E-state index >= 15 is 0 Å². The normalized spacial score (nSPS) is 10.9. The molecule has 0 aromatic carbocycles. The molecule has 0 aliphatic heterocycles. The van der Waals surface area contributed by atoms with Crippen LogP contribution >= 0.6 is 0 Å². The Morgan fingerprint density at radius 3 is 3.07 bits per heavy atom. The van der Waals surface area contributed by atoms with Gasteiger partial charge in [0.1, 0.15) is 11.3 Å². The molecular formula is C10H5AlN2O2. The predicted octanol–water partition coefficient (Wildman–Crippen LogP) is 1.84. The molecule has 15 heavy (non-hydrogen) atoms. The molecule has 0 N–H and O–H groups in total. The lowest BCUT2D eigenvalue weighted by molar-refractivity contribution is 0.616. The van der Waals surface area contributed by atoms with E-state index in [1.807, 2.05) is 12.1 Å². The van der Waals surface area contributed by atoms with Gasteiger partial charge in [-0.05, 0) is 12.1 Å². The van der Waals surface area contributed by atoms with Crippen molar-refractivity contribution in [1.29, 1.82) is 0 Å². The van der Waals surface area contributed by atoms with Gasteiger partial charge in [-0.1, -0.05) is 0 Å². The van der Waals surface area contributed by atoms with E-state index in [0.717, 1.165) is 16.5 Å². The molecule has 0 spiro atoms. The minimum Gasteiger partial charge on any atom is -0.652 e. The summed E-state index contributed by atoms with van der Waals surface area (Å²) in [6, 6.07) is 3.70. The third-order valence-electron chi connectivity index (χ3n) is 2.23. The summed E-state index contributed by atoms with van der Waals surface area (Å²) in [5.74, 6) is 0.648. The van der Waals surface area contributed by atoms with Gasteiger partial charge in [-0.25, -0.2) is 0 Å². The van der Waals surface area contributed by atoms with Crippen LogP contribution in [0, 0.1) is 0 Å². The maximum atomic E-state index is 5.58. The van der Waals surface area contributed by atoms with E-state index in [9.17, 15) is 0 Å². The number of rotatable bonds is 1. The van der Waals surface area contributed by atoms with Crippen molar-refractivity contribution in [2.75, 3.05) is 0 Å². The summed E-state index contributed by atoms with van der Waals surface area (Å²) in [5, 5.41) is 0.857. The van der Waals surface area contributed by atoms with Crippen LogP contribution in [0.3, 0.4) is 0 Å². The fraction of sp³-hybridized carbons (Fsp3) is 0. The molecule has 0 aliphatic carbocycles. The van der Waals surface area contributed by atoms with Gasteiger partial charge >= 0.3 is 16.6 Å². The highest BCUT2D eigenvalue weighted by Crippen LogP contribution is 2.32. The van der Waals surface area contributed by atoms with Gasteiger partial charge in [-0.15, -0.1) is 0 Å². The molecule has 3 heterocycles. The van der Waals surface area contributed by atoms with Crippen LogP contribution < -0.4 is 3.79 Å². The molecule has 0 saturated carbocycles. The highest BCUT2D eigenvalue weighted by Gasteiger charge is 2.11. The summed E-state index contributed by atoms with van der Waals surface area (Å²) >= 11 is 2.20. The second-order valence-corrected chi connectivity index (χ2v) is 3.32. The van der Waals surface area contributed by atoms with E-state index in [0.29, 0.717) is 11.3 Å². The Hall–Kier alpha value is -1.57. The molecule has 3 rings (SSSR count). The van der Waals surface area contributed by atoms with Crippen LogP contribution in [0.2, 0.25) is 0 Å². The van der Waals surface area contributed by atoms with Gasteiger partial charge in [0, 0.05) is 6.20 Å². The first-order valence-corrected chi connectivity index (χ1v) is 4.85. The van der Waals surface area contributed by atoms with Crippen LogP contribution in [0.25, 0.3) is 22.1 Å². The van der Waals surface area contributed by atoms with Gasteiger partial charge in [0.05, 0.1) is 17.8 Å². The van der Waals surface area contributed by atoms with Crippen LogP contribution in [0.4, 0.5) is 0 Å². The number of nitrogens with zero attached hydrogens (tertiary/aromatic N) is 2. The number of fused-ring (bicyclic) bond motifs is 3. The van der Waals surface area contributed by atoms with Gasteiger partial charge in [0.2, 0.25) is 0 Å². The van der Waals surface area contributed by atoms with Crippen molar-refractivity contribution in [3.8, 4) is 5.75 Å². The summed E-state index contributed by atoms with van der Waals surface area (Å²) in [6.45, 7) is 0. The summed E-state index contributed by atoms with van der Waals surface area (Å²) in [5.41, 5.74) is 2.22. The maximum absolute atomic E-state index is 5.58. The minimum absolute atomic E-state index is 0.648. The molecular weight excluding hydrogens is 207 g/mol. The third kappa shape index (κ3) is 1.21. The largest absolute Gasteiger partial charge is 0.652 e. The monoisotopic (exact) mass is 212 g/mol. The van der Waals surface area contributed by atoms with Gasteiger partial charge in [-0.2, -0.15) is 0 Å². The van der Waals surface area contributed by atoms with Crippen molar-refractivity contribution in [2.45, 2.75) is 0 Å². The SMILES string of the molecule is [Al][O]c1cncc2oc3cccnc3c12. The smallest absolute Gasteiger partial charge is 0.482 e. The topological polar surface area (TPSA) is 48.2 Å². The van der Waals surface area contributed by atoms with Gasteiger partial charge in [0.15, 0.2) is 11.2 Å². The van der Waals surface area contributed by atoms with Gasteiger partial charge in [-0.3, -0.25) is 9.97 Å². The van der Waals surface area contributed by atoms with Crippen molar-refractivity contribution >= 4 is 38.7 Å². The minimum atomic E-state index is 0.648. The van der Waals surface area contributed by atoms with Crippen LogP contribution in [-0.2, 0) is 0 Å². The first-order valence-electron chi connectivity index (χ1n) is 4.38. The summed E-state index contributed by atoms with van der Waals surface area (Å²) in [6.07, 6.45) is 5.02. The number of furan rings is 1. The molecule has 0 aliphatic rings. The first kappa shape index (κ1) is 8.72. The zero-order valence-corrected chi connectivity index (χ0v) is 8.83. The molecule has 4 nitrogen and oxygen atoms in total. The lowest BCUT2D eigenvalue weighted by Crippen LogP contribution is -1.87. The maximum Gasteiger partial charge on any atom is 0.482 e. The Balaban J connectivity index is 2.56. The quantitative estimate of drug-likeness (QED) is 0.577. The second kappa shape index (κ2) is 3.23. The zero-order chi connectivity index (χ0) is 10.3. The Morgan fingerprint density at radius 1 is 1.27 bits per heavy atom.